The smallest absolute Gasteiger partial charge is 0.261 e. The summed E-state index contributed by atoms with van der Waals surface area (Å²) in [6.45, 7) is 3.82. The van der Waals surface area contributed by atoms with E-state index in [-0.39, 0.29) is 11.0 Å². The summed E-state index contributed by atoms with van der Waals surface area (Å²) in [6, 6.07) is 11.0. The number of halogens is 1. The van der Waals surface area contributed by atoms with Crippen LogP contribution in [0.2, 0.25) is 0 Å². The Kier molecular flexibility index (Phi) is 5.99. The van der Waals surface area contributed by atoms with Crippen molar-refractivity contribution < 1.29 is 9.53 Å². The molecule has 31 heavy (non-hydrogen) atoms. The second-order valence-corrected chi connectivity index (χ2v) is 8.91. The Morgan fingerprint density at radius 2 is 2.00 bits per heavy atom. The zero-order valence-corrected chi connectivity index (χ0v) is 20.0. The summed E-state index contributed by atoms with van der Waals surface area (Å²) in [7, 11) is 1.51. The van der Waals surface area contributed by atoms with Crippen LogP contribution in [0.4, 0.5) is 5.69 Å². The van der Waals surface area contributed by atoms with Crippen LogP contribution >= 0.6 is 39.5 Å². The minimum atomic E-state index is -0.361. The second kappa shape index (κ2) is 8.69. The Balaban J connectivity index is 1.48. The number of aryl methyl sites for hydroxylation is 2. The SMILES string of the molecule is COc1ccc(Br)cc1C(=O)NC(=S)Nc1ccc(-c2nn3c(C)nnc3s2)cc1C. The van der Waals surface area contributed by atoms with Crippen LogP contribution in [0.25, 0.3) is 15.5 Å². The molecule has 0 saturated heterocycles. The quantitative estimate of drug-likeness (QED) is 0.389. The van der Waals surface area contributed by atoms with Gasteiger partial charge in [0.1, 0.15) is 10.8 Å². The maximum Gasteiger partial charge on any atom is 0.261 e. The molecule has 4 rings (SSSR count). The number of nitrogens with one attached hydrogen (secondary N) is 2. The number of hydrogen-bond acceptors (Lipinski definition) is 7. The molecule has 4 aromatic rings. The van der Waals surface area contributed by atoms with Gasteiger partial charge in [-0.05, 0) is 68.0 Å². The normalized spacial score (nSPS) is 10.8. The molecule has 0 spiro atoms. The minimum Gasteiger partial charge on any atom is -0.496 e. The van der Waals surface area contributed by atoms with Gasteiger partial charge in [-0.15, -0.1) is 10.2 Å². The number of rotatable bonds is 4. The van der Waals surface area contributed by atoms with Gasteiger partial charge in [0.25, 0.3) is 5.91 Å². The summed E-state index contributed by atoms with van der Waals surface area (Å²) >= 11 is 10.2. The molecule has 2 aromatic heterocycles. The number of nitrogens with zero attached hydrogens (tertiary/aromatic N) is 4. The van der Waals surface area contributed by atoms with E-state index in [1.807, 2.05) is 32.0 Å². The number of carbonyl (C=O) groups excluding carboxylic acids is 1. The van der Waals surface area contributed by atoms with Gasteiger partial charge in [0, 0.05) is 15.7 Å². The number of anilines is 1. The molecule has 0 bridgehead atoms. The van der Waals surface area contributed by atoms with Crippen LogP contribution in [0, 0.1) is 13.8 Å². The number of thiocarbonyl (C=S) groups is 1. The van der Waals surface area contributed by atoms with E-state index in [1.54, 1.807) is 22.7 Å². The summed E-state index contributed by atoms with van der Waals surface area (Å²) < 4.78 is 7.75. The molecular weight excluding hydrogens is 500 g/mol. The fourth-order valence-electron chi connectivity index (χ4n) is 2.95. The zero-order chi connectivity index (χ0) is 22.1. The number of fused-ring (bicyclic) bond motifs is 1. The van der Waals surface area contributed by atoms with Gasteiger partial charge in [0.15, 0.2) is 10.9 Å². The van der Waals surface area contributed by atoms with Crippen LogP contribution in [-0.4, -0.2) is 37.9 Å². The van der Waals surface area contributed by atoms with Crippen molar-refractivity contribution in [3.8, 4) is 16.3 Å². The second-order valence-electron chi connectivity index (χ2n) is 6.63. The topological polar surface area (TPSA) is 93.4 Å². The first kappa shape index (κ1) is 21.3. The lowest BCUT2D eigenvalue weighted by Gasteiger charge is -2.14. The van der Waals surface area contributed by atoms with Gasteiger partial charge in [-0.1, -0.05) is 27.3 Å². The summed E-state index contributed by atoms with van der Waals surface area (Å²) in [5, 5.41) is 19.5. The highest BCUT2D eigenvalue weighted by atomic mass is 79.9. The van der Waals surface area contributed by atoms with Crippen molar-refractivity contribution in [1.82, 2.24) is 25.1 Å². The van der Waals surface area contributed by atoms with E-state index in [0.717, 1.165) is 37.1 Å². The molecule has 11 heteroatoms. The molecule has 2 heterocycles. The lowest BCUT2D eigenvalue weighted by molar-refractivity contribution is 0.0974. The van der Waals surface area contributed by atoms with Crippen molar-refractivity contribution >= 4 is 61.2 Å². The Hall–Kier alpha value is -2.89. The van der Waals surface area contributed by atoms with Gasteiger partial charge in [-0.25, -0.2) is 0 Å². The molecule has 2 N–H and O–H groups in total. The Bertz CT molecular complexity index is 1320. The first-order chi connectivity index (χ1) is 14.9. The minimum absolute atomic E-state index is 0.192. The van der Waals surface area contributed by atoms with Crippen molar-refractivity contribution in [2.75, 3.05) is 12.4 Å². The first-order valence-corrected chi connectivity index (χ1v) is 11.1. The maximum atomic E-state index is 12.6. The summed E-state index contributed by atoms with van der Waals surface area (Å²) in [6.07, 6.45) is 0. The maximum absolute atomic E-state index is 12.6. The predicted octanol–water partition coefficient (Wildman–Crippen LogP) is 4.37. The summed E-state index contributed by atoms with van der Waals surface area (Å²) in [5.41, 5.74) is 3.09. The van der Waals surface area contributed by atoms with Crippen molar-refractivity contribution in [2.45, 2.75) is 13.8 Å². The fraction of sp³-hybridized carbons (Fsp3) is 0.150. The number of carbonyl (C=O) groups is 1. The Morgan fingerprint density at radius 3 is 2.71 bits per heavy atom. The number of methoxy groups -OCH3 is 1. The zero-order valence-electron chi connectivity index (χ0n) is 16.8. The van der Waals surface area contributed by atoms with Crippen LogP contribution in [0.3, 0.4) is 0 Å². The van der Waals surface area contributed by atoms with Gasteiger partial charge >= 0.3 is 0 Å². The summed E-state index contributed by atoms with van der Waals surface area (Å²) in [4.78, 5) is 13.4. The molecule has 158 valence electrons. The third-order valence-corrected chi connectivity index (χ3v) is 6.15. The molecule has 0 saturated carbocycles. The molecule has 2 aromatic carbocycles. The van der Waals surface area contributed by atoms with E-state index in [2.05, 4.69) is 41.9 Å². The van der Waals surface area contributed by atoms with E-state index >= 15 is 0 Å². The average Bonchev–Trinajstić information content (AvgIpc) is 3.31. The molecule has 8 nitrogen and oxygen atoms in total. The Labute approximate surface area is 195 Å². The third-order valence-electron chi connectivity index (χ3n) is 4.50. The van der Waals surface area contributed by atoms with Gasteiger partial charge in [-0.2, -0.15) is 9.61 Å². The van der Waals surface area contributed by atoms with Gasteiger partial charge < -0.3 is 10.1 Å². The highest BCUT2D eigenvalue weighted by Crippen LogP contribution is 2.29. The Morgan fingerprint density at radius 1 is 1.19 bits per heavy atom. The van der Waals surface area contributed by atoms with Crippen molar-refractivity contribution in [2.24, 2.45) is 0 Å². The standard InChI is InChI=1S/C20H17BrN6O2S2/c1-10-8-12(18-26-27-11(2)24-25-20(27)31-18)4-6-15(10)22-19(30)23-17(28)14-9-13(21)5-7-16(14)29-3/h4-9H,1-3H3,(H2,22,23,28,30). The number of ether oxygens (including phenoxy) is 1. The molecule has 1 amide bonds. The monoisotopic (exact) mass is 516 g/mol. The molecule has 0 fully saturated rings. The van der Waals surface area contributed by atoms with Crippen LogP contribution in [-0.2, 0) is 0 Å². The van der Waals surface area contributed by atoms with E-state index in [9.17, 15) is 4.79 Å². The molecular formula is C20H17BrN6O2S2. The van der Waals surface area contributed by atoms with E-state index < -0.39 is 0 Å². The molecule has 0 aliphatic carbocycles. The van der Waals surface area contributed by atoms with Gasteiger partial charge in [0.05, 0.1) is 12.7 Å². The number of benzene rings is 2. The number of hydrogen-bond donors (Lipinski definition) is 2. The predicted molar refractivity (Wildman–Crippen MR) is 128 cm³/mol. The van der Waals surface area contributed by atoms with Crippen LogP contribution < -0.4 is 15.4 Å². The first-order valence-electron chi connectivity index (χ1n) is 9.11. The molecule has 0 atom stereocenters. The number of aromatic nitrogens is 4. The lowest BCUT2D eigenvalue weighted by atomic mass is 10.1. The van der Waals surface area contributed by atoms with Crippen LogP contribution in [0.15, 0.2) is 40.9 Å². The molecule has 0 aliphatic rings. The molecule has 0 radical (unpaired) electrons. The van der Waals surface area contributed by atoms with E-state index in [0.29, 0.717) is 11.3 Å². The largest absolute Gasteiger partial charge is 0.496 e. The molecule has 0 aliphatic heterocycles. The third kappa shape index (κ3) is 4.43. The molecule has 0 unspecified atom stereocenters. The summed E-state index contributed by atoms with van der Waals surface area (Å²) in [5.74, 6) is 0.847. The highest BCUT2D eigenvalue weighted by molar-refractivity contribution is 9.10. The average molecular weight is 517 g/mol. The number of amides is 1. The van der Waals surface area contributed by atoms with Crippen molar-refractivity contribution in [1.29, 1.82) is 0 Å². The van der Waals surface area contributed by atoms with Gasteiger partial charge in [-0.3, -0.25) is 10.1 Å². The van der Waals surface area contributed by atoms with Crippen LogP contribution in [0.1, 0.15) is 21.7 Å². The van der Waals surface area contributed by atoms with E-state index in [4.69, 9.17) is 17.0 Å². The fourth-order valence-corrected chi connectivity index (χ4v) is 4.40. The van der Waals surface area contributed by atoms with Gasteiger partial charge in [0.2, 0.25) is 4.96 Å². The van der Waals surface area contributed by atoms with Crippen molar-refractivity contribution in [3.05, 3.63) is 57.8 Å². The van der Waals surface area contributed by atoms with Crippen LogP contribution in [0.5, 0.6) is 5.75 Å². The van der Waals surface area contributed by atoms with Crippen molar-refractivity contribution in [3.63, 3.8) is 0 Å². The lowest BCUT2D eigenvalue weighted by Crippen LogP contribution is -2.34. The van der Waals surface area contributed by atoms with E-state index in [1.165, 1.54) is 18.4 Å². The highest BCUT2D eigenvalue weighted by Gasteiger charge is 2.15.